The number of carbonyl (C=O) groups excluding carboxylic acids is 1. The maximum atomic E-state index is 13.1. The molecule has 1 aliphatic rings. The number of hydrogen-bond donors (Lipinski definition) is 0. The van der Waals surface area contributed by atoms with E-state index in [2.05, 4.69) is 19.3 Å². The Labute approximate surface area is 171 Å². The first-order valence-corrected chi connectivity index (χ1v) is 10.3. The number of anilines is 1. The second-order valence-corrected chi connectivity index (χ2v) is 8.18. The number of ether oxygens (including phenoxy) is 2. The summed E-state index contributed by atoms with van der Waals surface area (Å²) in [5, 5.41) is 4.26. The molecule has 3 aromatic rings. The number of aromatic nitrogens is 3. The molecule has 2 aromatic heterocycles. The zero-order valence-electron chi connectivity index (χ0n) is 15.1. The van der Waals surface area contributed by atoms with Gasteiger partial charge in [0.1, 0.15) is 10.6 Å². The summed E-state index contributed by atoms with van der Waals surface area (Å²) in [7, 11) is 0. The molecule has 3 heterocycles. The Morgan fingerprint density at radius 1 is 1.41 bits per heavy atom. The summed E-state index contributed by atoms with van der Waals surface area (Å²) in [5.74, 6) is -0.640. The quantitative estimate of drug-likeness (QED) is 0.588. The van der Waals surface area contributed by atoms with Gasteiger partial charge in [0.2, 0.25) is 0 Å². The molecule has 12 heteroatoms. The van der Waals surface area contributed by atoms with E-state index in [0.717, 1.165) is 35.7 Å². The first kappa shape index (κ1) is 20.0. The van der Waals surface area contributed by atoms with Crippen LogP contribution in [0.4, 0.5) is 18.3 Å². The monoisotopic (exact) mass is 444 g/mol. The van der Waals surface area contributed by atoms with Gasteiger partial charge in [-0.15, -0.1) is 18.3 Å². The number of carbonyl (C=O) groups is 1. The predicted molar refractivity (Wildman–Crippen MR) is 102 cm³/mol. The van der Waals surface area contributed by atoms with E-state index in [-0.39, 0.29) is 17.8 Å². The van der Waals surface area contributed by atoms with Gasteiger partial charge in [0.25, 0.3) is 5.91 Å². The second-order valence-electron chi connectivity index (χ2n) is 6.41. The van der Waals surface area contributed by atoms with Crippen LogP contribution in [0, 0.1) is 6.92 Å². The predicted octanol–water partition coefficient (Wildman–Crippen LogP) is 4.18. The van der Waals surface area contributed by atoms with E-state index in [1.807, 2.05) is 0 Å². The zero-order chi connectivity index (χ0) is 20.6. The third-order valence-corrected chi connectivity index (χ3v) is 6.17. The van der Waals surface area contributed by atoms with Crippen molar-refractivity contribution in [2.75, 3.05) is 18.1 Å². The van der Waals surface area contributed by atoms with Gasteiger partial charge in [-0.3, -0.25) is 9.69 Å². The van der Waals surface area contributed by atoms with Gasteiger partial charge in [0.15, 0.2) is 5.13 Å². The molecule has 1 aromatic carbocycles. The lowest BCUT2D eigenvalue weighted by molar-refractivity contribution is -0.274. The molecule has 0 saturated carbocycles. The van der Waals surface area contributed by atoms with Crippen LogP contribution >= 0.6 is 22.9 Å². The van der Waals surface area contributed by atoms with Crippen molar-refractivity contribution in [2.24, 2.45) is 0 Å². The van der Waals surface area contributed by atoms with Gasteiger partial charge in [-0.1, -0.05) is 15.8 Å². The molecule has 1 fully saturated rings. The first-order chi connectivity index (χ1) is 13.8. The van der Waals surface area contributed by atoms with Gasteiger partial charge in [0, 0.05) is 12.7 Å². The van der Waals surface area contributed by atoms with Crippen LogP contribution in [0.5, 0.6) is 5.75 Å². The lowest BCUT2D eigenvalue weighted by Crippen LogP contribution is -2.37. The number of hydrogen-bond acceptors (Lipinski definition) is 8. The highest BCUT2D eigenvalue weighted by Gasteiger charge is 2.32. The van der Waals surface area contributed by atoms with Gasteiger partial charge >= 0.3 is 6.36 Å². The summed E-state index contributed by atoms with van der Waals surface area (Å²) < 4.78 is 51.4. The smallest absolute Gasteiger partial charge is 0.406 e. The molecule has 0 radical (unpaired) electrons. The van der Waals surface area contributed by atoms with Crippen molar-refractivity contribution in [3.05, 3.63) is 28.8 Å². The summed E-state index contributed by atoms with van der Waals surface area (Å²) in [6.07, 6.45) is -3.18. The lowest BCUT2D eigenvalue weighted by Gasteiger charge is -2.22. The van der Waals surface area contributed by atoms with Crippen LogP contribution in [0.3, 0.4) is 0 Å². The normalized spacial score (nSPS) is 17.0. The van der Waals surface area contributed by atoms with E-state index < -0.39 is 6.36 Å². The molecular formula is C17H15F3N4O3S2. The Balaban J connectivity index is 1.68. The van der Waals surface area contributed by atoms with Gasteiger partial charge in [0.05, 0.1) is 28.6 Å². The molecular weight excluding hydrogens is 429 g/mol. The van der Waals surface area contributed by atoms with Crippen LogP contribution in [0.15, 0.2) is 18.2 Å². The van der Waals surface area contributed by atoms with E-state index >= 15 is 0 Å². The van der Waals surface area contributed by atoms with Gasteiger partial charge in [-0.05, 0) is 43.4 Å². The number of nitrogens with zero attached hydrogens (tertiary/aromatic N) is 4. The first-order valence-electron chi connectivity index (χ1n) is 8.69. The zero-order valence-corrected chi connectivity index (χ0v) is 16.7. The molecule has 0 spiro atoms. The van der Waals surface area contributed by atoms with Crippen LogP contribution in [-0.4, -0.2) is 46.1 Å². The highest BCUT2D eigenvalue weighted by Crippen LogP contribution is 2.34. The van der Waals surface area contributed by atoms with Crippen molar-refractivity contribution in [3.63, 3.8) is 0 Å². The fourth-order valence-electron chi connectivity index (χ4n) is 3.00. The number of amides is 1. The maximum Gasteiger partial charge on any atom is 0.573 e. The van der Waals surface area contributed by atoms with Crippen molar-refractivity contribution in [3.8, 4) is 5.75 Å². The van der Waals surface area contributed by atoms with Gasteiger partial charge in [-0.25, -0.2) is 4.98 Å². The number of aryl methyl sites for hydroxylation is 1. The van der Waals surface area contributed by atoms with Crippen LogP contribution in [-0.2, 0) is 4.74 Å². The Morgan fingerprint density at radius 2 is 2.24 bits per heavy atom. The summed E-state index contributed by atoms with van der Waals surface area (Å²) >= 11 is 2.11. The van der Waals surface area contributed by atoms with Crippen molar-refractivity contribution >= 4 is 44.1 Å². The fourth-order valence-corrected chi connectivity index (χ4v) is 4.60. The molecule has 0 aliphatic carbocycles. The van der Waals surface area contributed by atoms with E-state index in [1.54, 1.807) is 6.92 Å². The summed E-state index contributed by atoms with van der Waals surface area (Å²) in [4.78, 5) is 19.5. The summed E-state index contributed by atoms with van der Waals surface area (Å²) in [6, 6.07) is 3.89. The second kappa shape index (κ2) is 7.84. The molecule has 0 bridgehead atoms. The Hall–Kier alpha value is -2.31. The van der Waals surface area contributed by atoms with E-state index in [4.69, 9.17) is 4.74 Å². The number of benzene rings is 1. The SMILES string of the molecule is Cc1nnsc1C(=O)N(CC1CCCO1)c1nc2ccc(OC(F)(F)F)cc2s1. The molecule has 29 heavy (non-hydrogen) atoms. The van der Waals surface area contributed by atoms with Crippen LogP contribution in [0.2, 0.25) is 0 Å². The molecule has 7 nitrogen and oxygen atoms in total. The minimum Gasteiger partial charge on any atom is -0.406 e. The van der Waals surface area contributed by atoms with Crippen molar-refractivity contribution in [1.82, 2.24) is 14.6 Å². The molecule has 1 unspecified atom stereocenters. The Morgan fingerprint density at radius 3 is 2.90 bits per heavy atom. The highest BCUT2D eigenvalue weighted by atomic mass is 32.1. The molecule has 154 valence electrons. The number of rotatable bonds is 5. The molecule has 1 amide bonds. The summed E-state index contributed by atoms with van der Waals surface area (Å²) in [5.41, 5.74) is 0.989. The number of halogens is 3. The molecule has 1 atom stereocenters. The Bertz CT molecular complexity index is 1030. The number of thiazole rings is 1. The van der Waals surface area contributed by atoms with E-state index in [1.165, 1.54) is 23.1 Å². The minimum absolute atomic E-state index is 0.128. The number of fused-ring (bicyclic) bond motifs is 1. The molecule has 1 aliphatic heterocycles. The largest absolute Gasteiger partial charge is 0.573 e. The minimum atomic E-state index is -4.78. The lowest BCUT2D eigenvalue weighted by atomic mass is 10.2. The number of alkyl halides is 3. The third kappa shape index (κ3) is 4.49. The molecule has 4 rings (SSSR count). The van der Waals surface area contributed by atoms with Crippen LogP contribution in [0.25, 0.3) is 10.2 Å². The van der Waals surface area contributed by atoms with Gasteiger partial charge in [-0.2, -0.15) is 0 Å². The fraction of sp³-hybridized carbons (Fsp3) is 0.412. The Kier molecular flexibility index (Phi) is 5.40. The maximum absolute atomic E-state index is 13.1. The van der Waals surface area contributed by atoms with Crippen molar-refractivity contribution < 1.29 is 27.4 Å². The van der Waals surface area contributed by atoms with Crippen LogP contribution in [0.1, 0.15) is 28.2 Å². The molecule has 0 N–H and O–H groups in total. The highest BCUT2D eigenvalue weighted by molar-refractivity contribution is 7.22. The van der Waals surface area contributed by atoms with E-state index in [0.29, 0.717) is 39.1 Å². The average molecular weight is 444 g/mol. The van der Waals surface area contributed by atoms with Gasteiger partial charge < -0.3 is 9.47 Å². The van der Waals surface area contributed by atoms with Crippen molar-refractivity contribution in [2.45, 2.75) is 32.2 Å². The van der Waals surface area contributed by atoms with Crippen molar-refractivity contribution in [1.29, 1.82) is 0 Å². The summed E-state index contributed by atoms with van der Waals surface area (Å²) in [6.45, 7) is 2.62. The molecule has 1 saturated heterocycles. The standard InChI is InChI=1S/C17H15F3N4O3S2/c1-9-14(29-23-22-9)15(25)24(8-11-3-2-6-26-11)16-21-12-5-4-10(7-13(12)28-16)27-17(18,19)20/h4-5,7,11H,2-3,6,8H2,1H3. The van der Waals surface area contributed by atoms with E-state index in [9.17, 15) is 18.0 Å². The average Bonchev–Trinajstić information content (AvgIpc) is 3.37. The third-order valence-electron chi connectivity index (χ3n) is 4.31. The van der Waals surface area contributed by atoms with Crippen LogP contribution < -0.4 is 9.64 Å². The topological polar surface area (TPSA) is 77.4 Å².